The topological polar surface area (TPSA) is 30.5 Å². The Morgan fingerprint density at radius 3 is 3.05 bits per heavy atom. The normalized spacial score (nSPS) is 22.9. The van der Waals surface area contributed by atoms with Crippen LogP contribution >= 0.6 is 15.9 Å². The van der Waals surface area contributed by atoms with E-state index in [1.807, 2.05) is 0 Å². The Balaban J connectivity index is 2.02. The fourth-order valence-corrected chi connectivity index (χ4v) is 3.44. The Morgan fingerprint density at radius 1 is 1.45 bits per heavy atom. The molecule has 20 heavy (non-hydrogen) atoms. The smallest absolute Gasteiger partial charge is 0.0876 e. The van der Waals surface area contributed by atoms with Gasteiger partial charge in [0.1, 0.15) is 0 Å². The number of benzene rings is 1. The summed E-state index contributed by atoms with van der Waals surface area (Å²) in [6.45, 7) is 5.61. The molecule has 1 saturated heterocycles. The molecule has 1 aromatic rings. The number of halogens is 1. The summed E-state index contributed by atoms with van der Waals surface area (Å²) in [5.41, 5.74) is 2.54. The van der Waals surface area contributed by atoms with Crippen LogP contribution in [0.5, 0.6) is 0 Å². The maximum absolute atomic E-state index is 6.05. The molecule has 0 spiro atoms. The Bertz CT molecular complexity index is 425. The first-order valence-corrected chi connectivity index (χ1v) is 8.09. The molecular weight excluding hydrogens is 318 g/mol. The molecule has 0 aromatic heterocycles. The van der Waals surface area contributed by atoms with Gasteiger partial charge in [-0.1, -0.05) is 28.1 Å². The molecule has 112 valence electrons. The summed E-state index contributed by atoms with van der Waals surface area (Å²) >= 11 is 3.68. The average molecular weight is 342 g/mol. The summed E-state index contributed by atoms with van der Waals surface area (Å²) in [6, 6.07) is 6.52. The maximum atomic E-state index is 6.05. The lowest BCUT2D eigenvalue weighted by molar-refractivity contribution is -0.0284. The third-order valence-corrected chi connectivity index (χ3v) is 4.48. The number of methoxy groups -OCH3 is 1. The van der Waals surface area contributed by atoms with Crippen molar-refractivity contribution in [3.8, 4) is 0 Å². The van der Waals surface area contributed by atoms with Gasteiger partial charge < -0.3 is 14.8 Å². The largest absolute Gasteiger partial charge is 0.383 e. The summed E-state index contributed by atoms with van der Waals surface area (Å²) in [6.07, 6.45) is 2.55. The van der Waals surface area contributed by atoms with E-state index < -0.39 is 0 Å². The molecule has 4 heteroatoms. The van der Waals surface area contributed by atoms with Gasteiger partial charge in [-0.15, -0.1) is 0 Å². The number of rotatable bonds is 6. The molecule has 2 unspecified atom stereocenters. The van der Waals surface area contributed by atoms with E-state index >= 15 is 0 Å². The van der Waals surface area contributed by atoms with Crippen LogP contribution in [0.1, 0.15) is 30.1 Å². The van der Waals surface area contributed by atoms with Crippen molar-refractivity contribution in [2.45, 2.75) is 25.9 Å². The number of nitrogens with one attached hydrogen (secondary N) is 1. The highest BCUT2D eigenvalue weighted by molar-refractivity contribution is 9.10. The second kappa shape index (κ2) is 8.13. The van der Waals surface area contributed by atoms with Crippen LogP contribution in [0.25, 0.3) is 0 Å². The van der Waals surface area contributed by atoms with E-state index in [1.165, 1.54) is 17.5 Å². The predicted molar refractivity (Wildman–Crippen MR) is 85.0 cm³/mol. The Labute approximate surface area is 130 Å². The third kappa shape index (κ3) is 4.29. The lowest BCUT2D eigenvalue weighted by atomic mass is 9.89. The minimum absolute atomic E-state index is 0.189. The fourth-order valence-electron chi connectivity index (χ4n) is 2.72. The van der Waals surface area contributed by atoms with Crippen molar-refractivity contribution in [3.05, 3.63) is 33.8 Å². The first-order valence-electron chi connectivity index (χ1n) is 7.29. The van der Waals surface area contributed by atoms with Gasteiger partial charge in [0.2, 0.25) is 0 Å². The van der Waals surface area contributed by atoms with Crippen LogP contribution in [0.4, 0.5) is 0 Å². The molecule has 0 bridgehead atoms. The van der Waals surface area contributed by atoms with E-state index in [1.54, 1.807) is 7.11 Å². The summed E-state index contributed by atoms with van der Waals surface area (Å²) in [5, 5.41) is 3.47. The SMILES string of the molecule is COCCNCC1CCCOC1c1ccc(C)cc1Br. The van der Waals surface area contributed by atoms with E-state index in [9.17, 15) is 0 Å². The van der Waals surface area contributed by atoms with Crippen molar-refractivity contribution in [1.29, 1.82) is 0 Å². The van der Waals surface area contributed by atoms with Gasteiger partial charge >= 0.3 is 0 Å². The van der Waals surface area contributed by atoms with E-state index in [-0.39, 0.29) is 6.10 Å². The van der Waals surface area contributed by atoms with Crippen molar-refractivity contribution < 1.29 is 9.47 Å². The highest BCUT2D eigenvalue weighted by atomic mass is 79.9. The van der Waals surface area contributed by atoms with Crippen LogP contribution in [0.3, 0.4) is 0 Å². The molecule has 1 heterocycles. The third-order valence-electron chi connectivity index (χ3n) is 3.80. The van der Waals surface area contributed by atoms with Gasteiger partial charge in [0, 0.05) is 37.2 Å². The van der Waals surface area contributed by atoms with Gasteiger partial charge in [-0.25, -0.2) is 0 Å². The zero-order chi connectivity index (χ0) is 14.4. The minimum atomic E-state index is 0.189. The number of hydrogen-bond acceptors (Lipinski definition) is 3. The zero-order valence-electron chi connectivity index (χ0n) is 12.3. The van der Waals surface area contributed by atoms with Gasteiger partial charge in [0.25, 0.3) is 0 Å². The highest BCUT2D eigenvalue weighted by Crippen LogP contribution is 2.37. The lowest BCUT2D eigenvalue weighted by Gasteiger charge is -2.33. The Morgan fingerprint density at radius 2 is 2.30 bits per heavy atom. The number of hydrogen-bond donors (Lipinski definition) is 1. The van der Waals surface area contributed by atoms with E-state index in [0.29, 0.717) is 5.92 Å². The molecule has 0 aliphatic carbocycles. The maximum Gasteiger partial charge on any atom is 0.0876 e. The standard InChI is InChI=1S/C16H24BrNO2/c1-12-5-6-14(15(17)10-12)16-13(4-3-8-20-16)11-18-7-9-19-2/h5-6,10,13,16,18H,3-4,7-9,11H2,1-2H3. The molecule has 1 aromatic carbocycles. The molecule has 0 radical (unpaired) electrons. The first-order chi connectivity index (χ1) is 9.72. The van der Waals surface area contributed by atoms with E-state index in [4.69, 9.17) is 9.47 Å². The molecule has 2 atom stereocenters. The fraction of sp³-hybridized carbons (Fsp3) is 0.625. The summed E-state index contributed by atoms with van der Waals surface area (Å²) in [5.74, 6) is 0.527. The zero-order valence-corrected chi connectivity index (χ0v) is 13.9. The van der Waals surface area contributed by atoms with E-state index in [0.717, 1.165) is 37.2 Å². The monoisotopic (exact) mass is 341 g/mol. The average Bonchev–Trinajstić information content (AvgIpc) is 2.44. The van der Waals surface area contributed by atoms with Crippen molar-refractivity contribution in [1.82, 2.24) is 5.32 Å². The van der Waals surface area contributed by atoms with Crippen LogP contribution in [-0.4, -0.2) is 33.4 Å². The number of ether oxygens (including phenoxy) is 2. The van der Waals surface area contributed by atoms with Crippen LogP contribution in [0, 0.1) is 12.8 Å². The first kappa shape index (κ1) is 16.0. The second-order valence-corrected chi connectivity index (χ2v) is 6.27. The quantitative estimate of drug-likeness (QED) is 0.803. The summed E-state index contributed by atoms with van der Waals surface area (Å²) in [4.78, 5) is 0. The van der Waals surface area contributed by atoms with Crippen LogP contribution in [-0.2, 0) is 9.47 Å². The van der Waals surface area contributed by atoms with Crippen molar-refractivity contribution in [2.24, 2.45) is 5.92 Å². The molecule has 1 N–H and O–H groups in total. The molecule has 2 rings (SSSR count). The van der Waals surface area contributed by atoms with Crippen molar-refractivity contribution in [3.63, 3.8) is 0 Å². The molecule has 0 saturated carbocycles. The summed E-state index contributed by atoms with van der Waals surface area (Å²) in [7, 11) is 1.73. The highest BCUT2D eigenvalue weighted by Gasteiger charge is 2.28. The van der Waals surface area contributed by atoms with Crippen LogP contribution < -0.4 is 5.32 Å². The van der Waals surface area contributed by atoms with Crippen molar-refractivity contribution >= 4 is 15.9 Å². The Hall–Kier alpha value is -0.420. The van der Waals surface area contributed by atoms with Gasteiger partial charge in [0.15, 0.2) is 0 Å². The molecule has 3 nitrogen and oxygen atoms in total. The van der Waals surface area contributed by atoms with Gasteiger partial charge in [-0.3, -0.25) is 0 Å². The van der Waals surface area contributed by atoms with Crippen LogP contribution in [0.2, 0.25) is 0 Å². The Kier molecular flexibility index (Phi) is 6.49. The predicted octanol–water partition coefficient (Wildman–Crippen LogP) is 3.46. The molecular formula is C16H24BrNO2. The van der Waals surface area contributed by atoms with Gasteiger partial charge in [0.05, 0.1) is 12.7 Å². The number of aryl methyl sites for hydroxylation is 1. The lowest BCUT2D eigenvalue weighted by Crippen LogP contribution is -2.33. The van der Waals surface area contributed by atoms with Gasteiger partial charge in [-0.2, -0.15) is 0 Å². The van der Waals surface area contributed by atoms with Gasteiger partial charge in [-0.05, 0) is 37.0 Å². The summed E-state index contributed by atoms with van der Waals surface area (Å²) < 4.78 is 12.3. The second-order valence-electron chi connectivity index (χ2n) is 5.42. The van der Waals surface area contributed by atoms with Crippen LogP contribution in [0.15, 0.2) is 22.7 Å². The van der Waals surface area contributed by atoms with Crippen molar-refractivity contribution in [2.75, 3.05) is 33.4 Å². The molecule has 1 fully saturated rings. The van der Waals surface area contributed by atoms with E-state index in [2.05, 4.69) is 46.4 Å². The molecule has 1 aliphatic rings. The molecule has 0 amide bonds. The minimum Gasteiger partial charge on any atom is -0.383 e. The molecule has 1 aliphatic heterocycles.